The highest BCUT2D eigenvalue weighted by atomic mass is 19.1. The van der Waals surface area contributed by atoms with Crippen molar-refractivity contribution in [1.29, 1.82) is 0 Å². The van der Waals surface area contributed by atoms with Crippen molar-refractivity contribution in [3.05, 3.63) is 89.6 Å². The van der Waals surface area contributed by atoms with Crippen molar-refractivity contribution in [2.45, 2.75) is 26.8 Å². The maximum Gasteiger partial charge on any atom is 0.164 e. The molecule has 0 aliphatic rings. The lowest BCUT2D eigenvalue weighted by atomic mass is 10.0. The molecule has 3 aromatic heterocycles. The molecule has 38 heavy (non-hydrogen) atoms. The first kappa shape index (κ1) is 23.5. The number of halogens is 1. The highest BCUT2D eigenvalue weighted by Gasteiger charge is 2.26. The van der Waals surface area contributed by atoms with Gasteiger partial charge >= 0.3 is 0 Å². The fraction of sp³-hybridized carbons (Fsp3) is 0.138. The number of nitrogen functional groups attached to an aromatic ring is 1. The fourth-order valence-electron chi connectivity index (χ4n) is 4.85. The van der Waals surface area contributed by atoms with Crippen molar-refractivity contribution in [3.63, 3.8) is 0 Å². The molecule has 3 aromatic carbocycles. The molecule has 8 nitrogen and oxygen atoms in total. The van der Waals surface area contributed by atoms with Gasteiger partial charge in [-0.2, -0.15) is 5.10 Å². The number of aryl methyl sites for hydroxylation is 2. The van der Waals surface area contributed by atoms with Crippen molar-refractivity contribution in [1.82, 2.24) is 29.7 Å². The van der Waals surface area contributed by atoms with E-state index >= 15 is 0 Å². The smallest absolute Gasteiger partial charge is 0.164 e. The fourth-order valence-corrected chi connectivity index (χ4v) is 4.85. The van der Waals surface area contributed by atoms with E-state index in [4.69, 9.17) is 20.8 Å². The van der Waals surface area contributed by atoms with Crippen LogP contribution in [0.5, 0.6) is 5.75 Å². The van der Waals surface area contributed by atoms with Gasteiger partial charge in [0.2, 0.25) is 0 Å². The van der Waals surface area contributed by atoms with Gasteiger partial charge in [0.1, 0.15) is 29.4 Å². The number of aromatic nitrogens is 6. The molecule has 1 unspecified atom stereocenters. The lowest BCUT2D eigenvalue weighted by Crippen LogP contribution is -2.14. The summed E-state index contributed by atoms with van der Waals surface area (Å²) < 4.78 is 15.9. The number of para-hydroxylation sites is 1. The van der Waals surface area contributed by atoms with Crippen LogP contribution in [0.2, 0.25) is 0 Å². The van der Waals surface area contributed by atoms with E-state index in [0.717, 1.165) is 39.5 Å². The zero-order valence-electron chi connectivity index (χ0n) is 21.0. The molecule has 6 rings (SSSR count). The lowest BCUT2D eigenvalue weighted by Gasteiger charge is -2.18. The summed E-state index contributed by atoms with van der Waals surface area (Å²) in [4.78, 5) is 18.8. The third-order valence-electron chi connectivity index (χ3n) is 6.76. The number of benzene rings is 3. The molecule has 0 fully saturated rings. The summed E-state index contributed by atoms with van der Waals surface area (Å²) in [6.07, 6.45) is 1.37. The molecule has 1 atom stereocenters. The Hall–Kier alpha value is -4.92. The molecule has 0 bridgehead atoms. The third kappa shape index (κ3) is 3.80. The standard InChI is InChI=1S/C29H24FN7O/c1-15-7-4-5-9-21(15)27-25(34-22-10-6-8-16(2)24(22)35-27)17(3)37-29-23(28(31)32-14-33-29)26(36-37)18-11-19(30)13-20(38)12-18/h4-14,17,38H,1-3H3,(H2,31,32,33). The minimum Gasteiger partial charge on any atom is -0.508 e. The van der Waals surface area contributed by atoms with Gasteiger partial charge in [-0.3, -0.25) is 0 Å². The highest BCUT2D eigenvalue weighted by Crippen LogP contribution is 2.37. The van der Waals surface area contributed by atoms with Gasteiger partial charge in [-0.1, -0.05) is 36.4 Å². The zero-order chi connectivity index (χ0) is 26.6. The van der Waals surface area contributed by atoms with Crippen LogP contribution in [0.3, 0.4) is 0 Å². The van der Waals surface area contributed by atoms with E-state index in [-0.39, 0.29) is 11.6 Å². The third-order valence-corrected chi connectivity index (χ3v) is 6.76. The maximum atomic E-state index is 14.2. The normalized spacial score (nSPS) is 12.3. The minimum absolute atomic E-state index is 0.201. The number of nitrogens with two attached hydrogens (primary N) is 1. The Kier molecular flexibility index (Phi) is 5.48. The number of phenolic OH excluding ortho intramolecular Hbond substituents is 1. The van der Waals surface area contributed by atoms with Gasteiger partial charge in [0.15, 0.2) is 5.65 Å². The van der Waals surface area contributed by atoms with Crippen LogP contribution in [0, 0.1) is 19.7 Å². The second-order valence-corrected chi connectivity index (χ2v) is 9.34. The molecular weight excluding hydrogens is 481 g/mol. The second-order valence-electron chi connectivity index (χ2n) is 9.34. The topological polar surface area (TPSA) is 116 Å². The van der Waals surface area contributed by atoms with E-state index in [1.54, 1.807) is 4.68 Å². The van der Waals surface area contributed by atoms with Crippen LogP contribution in [-0.4, -0.2) is 34.8 Å². The molecule has 0 spiro atoms. The number of phenols is 1. The van der Waals surface area contributed by atoms with Gasteiger partial charge in [-0.25, -0.2) is 29.0 Å². The first-order valence-corrected chi connectivity index (χ1v) is 12.1. The first-order valence-electron chi connectivity index (χ1n) is 12.1. The number of hydrogen-bond acceptors (Lipinski definition) is 7. The van der Waals surface area contributed by atoms with Gasteiger partial charge in [0.05, 0.1) is 33.8 Å². The molecule has 188 valence electrons. The maximum absolute atomic E-state index is 14.2. The molecule has 3 N–H and O–H groups in total. The van der Waals surface area contributed by atoms with E-state index in [2.05, 4.69) is 9.97 Å². The summed E-state index contributed by atoms with van der Waals surface area (Å²) >= 11 is 0. The molecule has 0 radical (unpaired) electrons. The molecular formula is C29H24FN7O. The van der Waals surface area contributed by atoms with Crippen molar-refractivity contribution in [3.8, 4) is 28.3 Å². The Morgan fingerprint density at radius 1 is 0.921 bits per heavy atom. The molecule has 0 saturated heterocycles. The van der Waals surface area contributed by atoms with Gasteiger partial charge < -0.3 is 10.8 Å². The Morgan fingerprint density at radius 3 is 2.50 bits per heavy atom. The highest BCUT2D eigenvalue weighted by molar-refractivity contribution is 5.98. The predicted octanol–water partition coefficient (Wildman–Crippen LogP) is 5.76. The predicted molar refractivity (Wildman–Crippen MR) is 145 cm³/mol. The largest absolute Gasteiger partial charge is 0.508 e. The first-order chi connectivity index (χ1) is 18.3. The van der Waals surface area contributed by atoms with Crippen molar-refractivity contribution in [2.75, 3.05) is 5.73 Å². The molecule has 0 saturated carbocycles. The zero-order valence-corrected chi connectivity index (χ0v) is 21.0. The molecule has 3 heterocycles. The lowest BCUT2D eigenvalue weighted by molar-refractivity contribution is 0.469. The average Bonchev–Trinajstić information content (AvgIpc) is 3.29. The van der Waals surface area contributed by atoms with Crippen LogP contribution in [0.25, 0.3) is 44.6 Å². The number of hydrogen-bond donors (Lipinski definition) is 2. The SMILES string of the molecule is Cc1ccccc1-c1nc2c(C)cccc2nc1C(C)n1nc(-c2cc(O)cc(F)c2)c2c(N)ncnc21. The number of nitrogens with zero attached hydrogens (tertiary/aromatic N) is 6. The Labute approximate surface area is 217 Å². The summed E-state index contributed by atoms with van der Waals surface area (Å²) in [5.74, 6) is -0.612. The van der Waals surface area contributed by atoms with Gasteiger partial charge in [0, 0.05) is 17.2 Å². The minimum atomic E-state index is -0.594. The van der Waals surface area contributed by atoms with Crippen LogP contribution >= 0.6 is 0 Å². The van der Waals surface area contributed by atoms with Crippen molar-refractivity contribution in [2.24, 2.45) is 0 Å². The second kappa shape index (κ2) is 8.88. The van der Waals surface area contributed by atoms with Crippen LogP contribution in [0.15, 0.2) is 67.0 Å². The number of aromatic hydroxyl groups is 1. The van der Waals surface area contributed by atoms with Crippen LogP contribution < -0.4 is 5.73 Å². The monoisotopic (exact) mass is 505 g/mol. The molecule has 0 aliphatic heterocycles. The quantitative estimate of drug-likeness (QED) is 0.313. The van der Waals surface area contributed by atoms with Gasteiger partial charge in [-0.15, -0.1) is 0 Å². The average molecular weight is 506 g/mol. The van der Waals surface area contributed by atoms with E-state index < -0.39 is 11.9 Å². The number of rotatable bonds is 4. The van der Waals surface area contributed by atoms with E-state index in [1.165, 1.54) is 18.5 Å². The van der Waals surface area contributed by atoms with Gasteiger partial charge in [-0.05, 0) is 50.1 Å². The van der Waals surface area contributed by atoms with Crippen LogP contribution in [0.4, 0.5) is 10.2 Å². The summed E-state index contributed by atoms with van der Waals surface area (Å²) in [5.41, 5.74) is 13.6. The Balaban J connectivity index is 1.64. The van der Waals surface area contributed by atoms with Crippen molar-refractivity contribution < 1.29 is 9.50 Å². The number of anilines is 1. The van der Waals surface area contributed by atoms with E-state index in [9.17, 15) is 9.50 Å². The van der Waals surface area contributed by atoms with Gasteiger partial charge in [0.25, 0.3) is 0 Å². The van der Waals surface area contributed by atoms with Crippen molar-refractivity contribution >= 4 is 27.9 Å². The Morgan fingerprint density at radius 2 is 1.71 bits per heavy atom. The molecule has 0 amide bonds. The van der Waals surface area contributed by atoms with Crippen LogP contribution in [-0.2, 0) is 0 Å². The van der Waals surface area contributed by atoms with Crippen LogP contribution in [0.1, 0.15) is 29.8 Å². The molecule has 6 aromatic rings. The summed E-state index contributed by atoms with van der Waals surface area (Å²) in [5, 5.41) is 15.3. The summed E-state index contributed by atoms with van der Waals surface area (Å²) in [7, 11) is 0. The van der Waals surface area contributed by atoms with E-state index in [0.29, 0.717) is 28.0 Å². The number of fused-ring (bicyclic) bond motifs is 2. The summed E-state index contributed by atoms with van der Waals surface area (Å²) in [6, 6.07) is 17.3. The molecule has 0 aliphatic carbocycles. The summed E-state index contributed by atoms with van der Waals surface area (Å²) in [6.45, 7) is 6.02. The van der Waals surface area contributed by atoms with E-state index in [1.807, 2.05) is 63.2 Å². The molecule has 9 heteroatoms. The Bertz CT molecular complexity index is 1840.